The van der Waals surface area contributed by atoms with Crippen molar-refractivity contribution in [2.24, 2.45) is 0 Å². The molecule has 1 fully saturated rings. The van der Waals surface area contributed by atoms with Gasteiger partial charge in [-0.2, -0.15) is 0 Å². The van der Waals surface area contributed by atoms with Crippen molar-refractivity contribution in [3.8, 4) is 0 Å². The molecule has 2 N–H and O–H groups in total. The highest BCUT2D eigenvalue weighted by Gasteiger charge is 2.39. The summed E-state index contributed by atoms with van der Waals surface area (Å²) in [4.78, 5) is 26.1. The molecule has 0 spiro atoms. The molecule has 1 saturated heterocycles. The number of para-hydroxylation sites is 1. The molecular formula is C19H20N2O4. The second-order valence-electron chi connectivity index (χ2n) is 5.95. The lowest BCUT2D eigenvalue weighted by atomic mass is 10.2. The molecule has 130 valence electrons. The lowest BCUT2D eigenvalue weighted by Gasteiger charge is -2.23. The number of carbonyl (C=O) groups is 2. The average Bonchev–Trinajstić information content (AvgIpc) is 3.03. The van der Waals surface area contributed by atoms with E-state index in [0.717, 1.165) is 5.56 Å². The lowest BCUT2D eigenvalue weighted by Crippen LogP contribution is -2.43. The Labute approximate surface area is 146 Å². The molecule has 1 aliphatic heterocycles. The van der Waals surface area contributed by atoms with Gasteiger partial charge in [-0.25, -0.2) is 4.79 Å². The van der Waals surface area contributed by atoms with Crippen molar-refractivity contribution in [2.45, 2.75) is 25.2 Å². The molecule has 1 aliphatic rings. The van der Waals surface area contributed by atoms with E-state index in [4.69, 9.17) is 4.74 Å². The van der Waals surface area contributed by atoms with Crippen LogP contribution in [0.5, 0.6) is 0 Å². The van der Waals surface area contributed by atoms with Gasteiger partial charge in [0, 0.05) is 12.1 Å². The quantitative estimate of drug-likeness (QED) is 0.896. The van der Waals surface area contributed by atoms with E-state index in [2.05, 4.69) is 5.32 Å². The van der Waals surface area contributed by atoms with Gasteiger partial charge in [-0.15, -0.1) is 0 Å². The van der Waals surface area contributed by atoms with E-state index in [1.54, 1.807) is 12.1 Å². The number of nitrogens with zero attached hydrogens (tertiary/aromatic N) is 1. The maximum atomic E-state index is 12.5. The van der Waals surface area contributed by atoms with Crippen molar-refractivity contribution in [3.63, 3.8) is 0 Å². The van der Waals surface area contributed by atoms with Gasteiger partial charge in [0.05, 0.1) is 12.6 Å². The van der Waals surface area contributed by atoms with E-state index in [0.29, 0.717) is 5.69 Å². The summed E-state index contributed by atoms with van der Waals surface area (Å²) in [5.74, 6) is -0.334. The van der Waals surface area contributed by atoms with Gasteiger partial charge in [0.25, 0.3) is 0 Å². The van der Waals surface area contributed by atoms with Gasteiger partial charge >= 0.3 is 6.09 Å². The van der Waals surface area contributed by atoms with Crippen LogP contribution < -0.4 is 5.32 Å². The van der Waals surface area contributed by atoms with Crippen molar-refractivity contribution < 1.29 is 19.4 Å². The summed E-state index contributed by atoms with van der Waals surface area (Å²) < 4.78 is 5.29. The molecule has 2 aromatic rings. The van der Waals surface area contributed by atoms with Crippen molar-refractivity contribution in [1.82, 2.24) is 4.90 Å². The third-order valence-corrected chi connectivity index (χ3v) is 4.06. The Morgan fingerprint density at radius 3 is 2.40 bits per heavy atom. The number of aliphatic hydroxyl groups excluding tert-OH is 1. The molecule has 25 heavy (non-hydrogen) atoms. The number of nitrogens with one attached hydrogen (secondary N) is 1. The Morgan fingerprint density at radius 2 is 1.72 bits per heavy atom. The summed E-state index contributed by atoms with van der Waals surface area (Å²) in [7, 11) is 0. The Balaban J connectivity index is 1.62. The van der Waals surface area contributed by atoms with E-state index in [9.17, 15) is 14.7 Å². The average molecular weight is 340 g/mol. The summed E-state index contributed by atoms with van der Waals surface area (Å²) in [6, 6.07) is 17.6. The first-order valence-corrected chi connectivity index (χ1v) is 8.15. The SMILES string of the molecule is O=C(Nc1ccccc1)[C@H]1C[C@@H](O)CN1C(=O)OCc1ccccc1. The van der Waals surface area contributed by atoms with Crippen LogP contribution in [-0.2, 0) is 16.1 Å². The maximum Gasteiger partial charge on any atom is 0.410 e. The van der Waals surface area contributed by atoms with Crippen molar-refractivity contribution in [3.05, 3.63) is 66.2 Å². The molecule has 0 aliphatic carbocycles. The van der Waals surface area contributed by atoms with E-state index in [-0.39, 0.29) is 25.5 Å². The van der Waals surface area contributed by atoms with Crippen LogP contribution in [0.25, 0.3) is 0 Å². The fourth-order valence-corrected chi connectivity index (χ4v) is 2.81. The fraction of sp³-hybridized carbons (Fsp3) is 0.263. The van der Waals surface area contributed by atoms with Crippen LogP contribution in [0.2, 0.25) is 0 Å². The van der Waals surface area contributed by atoms with Crippen LogP contribution in [-0.4, -0.2) is 40.7 Å². The van der Waals surface area contributed by atoms with Gasteiger partial charge in [-0.05, 0) is 17.7 Å². The van der Waals surface area contributed by atoms with Gasteiger partial charge < -0.3 is 15.2 Å². The lowest BCUT2D eigenvalue weighted by molar-refractivity contribution is -0.120. The fourth-order valence-electron chi connectivity index (χ4n) is 2.81. The number of likely N-dealkylation sites (tertiary alicyclic amines) is 1. The second kappa shape index (κ2) is 7.81. The smallest absolute Gasteiger partial charge is 0.410 e. The molecule has 3 rings (SSSR count). The molecule has 0 unspecified atom stereocenters. The van der Waals surface area contributed by atoms with E-state index in [1.165, 1.54) is 4.90 Å². The van der Waals surface area contributed by atoms with E-state index < -0.39 is 18.2 Å². The molecule has 6 heteroatoms. The van der Waals surface area contributed by atoms with Gasteiger partial charge in [-0.1, -0.05) is 48.5 Å². The van der Waals surface area contributed by atoms with Crippen LogP contribution in [0.4, 0.5) is 10.5 Å². The Morgan fingerprint density at radius 1 is 1.08 bits per heavy atom. The molecule has 1 heterocycles. The zero-order valence-corrected chi connectivity index (χ0v) is 13.7. The number of benzene rings is 2. The summed E-state index contributed by atoms with van der Waals surface area (Å²) in [5.41, 5.74) is 1.51. The number of hydrogen-bond acceptors (Lipinski definition) is 4. The normalized spacial score (nSPS) is 19.5. The third-order valence-electron chi connectivity index (χ3n) is 4.06. The summed E-state index contributed by atoms with van der Waals surface area (Å²) in [6.07, 6.45) is -1.15. The van der Waals surface area contributed by atoms with Crippen molar-refractivity contribution in [2.75, 3.05) is 11.9 Å². The molecular weight excluding hydrogens is 320 g/mol. The van der Waals surface area contributed by atoms with E-state index in [1.807, 2.05) is 48.5 Å². The predicted molar refractivity (Wildman–Crippen MR) is 92.8 cm³/mol. The van der Waals surface area contributed by atoms with Crippen LogP contribution in [0.15, 0.2) is 60.7 Å². The molecule has 0 aromatic heterocycles. The minimum Gasteiger partial charge on any atom is -0.445 e. The molecule has 0 bridgehead atoms. The zero-order valence-electron chi connectivity index (χ0n) is 13.7. The summed E-state index contributed by atoms with van der Waals surface area (Å²) in [5, 5.41) is 12.7. The molecule has 0 radical (unpaired) electrons. The Bertz CT molecular complexity index is 721. The number of anilines is 1. The number of hydrogen-bond donors (Lipinski definition) is 2. The Kier molecular flexibility index (Phi) is 5.30. The number of aliphatic hydroxyl groups is 1. The molecule has 6 nitrogen and oxygen atoms in total. The number of ether oxygens (including phenoxy) is 1. The first kappa shape index (κ1) is 17.0. The van der Waals surface area contributed by atoms with Crippen LogP contribution in [0, 0.1) is 0 Å². The molecule has 2 atom stereocenters. The molecule has 2 amide bonds. The van der Waals surface area contributed by atoms with Crippen molar-refractivity contribution >= 4 is 17.7 Å². The van der Waals surface area contributed by atoms with Crippen LogP contribution in [0.1, 0.15) is 12.0 Å². The standard InChI is InChI=1S/C19H20N2O4/c22-16-11-17(18(23)20-15-9-5-2-6-10-15)21(12-16)19(24)25-13-14-7-3-1-4-8-14/h1-10,16-17,22H,11-13H2,(H,20,23)/t16-,17-/m1/s1. The number of amides is 2. The van der Waals surface area contributed by atoms with Gasteiger partial charge in [0.2, 0.25) is 5.91 Å². The first-order valence-electron chi connectivity index (χ1n) is 8.15. The second-order valence-corrected chi connectivity index (χ2v) is 5.95. The molecule has 2 aromatic carbocycles. The summed E-state index contributed by atoms with van der Waals surface area (Å²) in [6.45, 7) is 0.208. The maximum absolute atomic E-state index is 12.5. The summed E-state index contributed by atoms with van der Waals surface area (Å²) >= 11 is 0. The van der Waals surface area contributed by atoms with Crippen molar-refractivity contribution in [1.29, 1.82) is 0 Å². The topological polar surface area (TPSA) is 78.9 Å². The minimum atomic E-state index is -0.751. The molecule has 0 saturated carbocycles. The number of rotatable bonds is 4. The third kappa shape index (κ3) is 4.36. The Hall–Kier alpha value is -2.86. The van der Waals surface area contributed by atoms with E-state index >= 15 is 0 Å². The largest absolute Gasteiger partial charge is 0.445 e. The van der Waals surface area contributed by atoms with Gasteiger partial charge in [0.1, 0.15) is 12.6 Å². The predicted octanol–water partition coefficient (Wildman–Crippen LogP) is 2.40. The van der Waals surface area contributed by atoms with Crippen LogP contribution >= 0.6 is 0 Å². The number of carbonyl (C=O) groups excluding carboxylic acids is 2. The van der Waals surface area contributed by atoms with Crippen LogP contribution in [0.3, 0.4) is 0 Å². The highest BCUT2D eigenvalue weighted by molar-refractivity contribution is 5.96. The zero-order chi connectivity index (χ0) is 17.6. The van der Waals surface area contributed by atoms with Gasteiger partial charge in [0.15, 0.2) is 0 Å². The minimum absolute atomic E-state index is 0.0838. The number of β-amino-alcohol motifs (C(OH)–C–C–N with tert-alkyl or cyclic N) is 1. The van der Waals surface area contributed by atoms with Gasteiger partial charge in [-0.3, -0.25) is 9.69 Å². The highest BCUT2D eigenvalue weighted by Crippen LogP contribution is 2.21. The first-order chi connectivity index (χ1) is 12.1. The highest BCUT2D eigenvalue weighted by atomic mass is 16.6. The monoisotopic (exact) mass is 340 g/mol.